The molecule has 5 nitrogen and oxygen atoms in total. The maximum absolute atomic E-state index is 5.74. The van der Waals surface area contributed by atoms with Gasteiger partial charge in [0.15, 0.2) is 0 Å². The van der Waals surface area contributed by atoms with Crippen molar-refractivity contribution in [3.05, 3.63) is 16.4 Å². The van der Waals surface area contributed by atoms with E-state index in [-0.39, 0.29) is 6.04 Å². The van der Waals surface area contributed by atoms with E-state index < -0.39 is 0 Å². The van der Waals surface area contributed by atoms with Crippen LogP contribution < -0.4 is 11.3 Å². The van der Waals surface area contributed by atoms with E-state index in [1.807, 2.05) is 10.9 Å². The molecule has 1 rings (SSSR count). The topological polar surface area (TPSA) is 59.1 Å². The van der Waals surface area contributed by atoms with Gasteiger partial charge in [-0.25, -0.2) is 0 Å². The fraction of sp³-hybridized carbons (Fsp3) is 0.769. The molecule has 0 aliphatic rings. The number of nitrogens with one attached hydrogen (secondary N) is 1. The molecule has 0 aliphatic carbocycles. The summed E-state index contributed by atoms with van der Waals surface area (Å²) >= 11 is 3.58. The fourth-order valence-corrected chi connectivity index (χ4v) is 2.79. The van der Waals surface area contributed by atoms with Gasteiger partial charge >= 0.3 is 0 Å². The molecule has 0 bridgehead atoms. The van der Waals surface area contributed by atoms with Gasteiger partial charge in [-0.2, -0.15) is 5.10 Å². The summed E-state index contributed by atoms with van der Waals surface area (Å²) in [6, 6.07) is 0.436. The summed E-state index contributed by atoms with van der Waals surface area (Å²) in [6.45, 7) is 11.8. The summed E-state index contributed by atoms with van der Waals surface area (Å²) < 4.78 is 3.04. The van der Waals surface area contributed by atoms with E-state index in [4.69, 9.17) is 5.84 Å². The number of hydrogen-bond donors (Lipinski definition) is 2. The molecule has 0 aromatic carbocycles. The Morgan fingerprint density at radius 3 is 2.53 bits per heavy atom. The average Bonchev–Trinajstić information content (AvgIpc) is 2.77. The van der Waals surface area contributed by atoms with Gasteiger partial charge in [0, 0.05) is 12.6 Å². The van der Waals surface area contributed by atoms with Crippen LogP contribution in [0.1, 0.15) is 51.9 Å². The second-order valence-corrected chi connectivity index (χ2v) is 5.81. The van der Waals surface area contributed by atoms with Crippen molar-refractivity contribution in [1.29, 1.82) is 0 Å². The molecule has 0 fully saturated rings. The predicted molar refractivity (Wildman–Crippen MR) is 82.8 cm³/mol. The summed E-state index contributed by atoms with van der Waals surface area (Å²) in [7, 11) is 0. The fourth-order valence-electron chi connectivity index (χ4n) is 2.24. The van der Waals surface area contributed by atoms with Crippen LogP contribution in [-0.2, 0) is 0 Å². The molecule has 19 heavy (non-hydrogen) atoms. The molecule has 0 saturated carbocycles. The molecule has 0 saturated heterocycles. The van der Waals surface area contributed by atoms with Crippen molar-refractivity contribution in [2.24, 2.45) is 5.84 Å². The minimum absolute atomic E-state index is 0.111. The first-order valence-corrected chi connectivity index (χ1v) is 7.75. The van der Waals surface area contributed by atoms with Crippen LogP contribution in [-0.4, -0.2) is 34.3 Å². The molecule has 1 heterocycles. The largest absolute Gasteiger partial charge is 0.304 e. The predicted octanol–water partition coefficient (Wildman–Crippen LogP) is 2.46. The van der Waals surface area contributed by atoms with Crippen molar-refractivity contribution in [1.82, 2.24) is 20.1 Å². The Bertz CT molecular complexity index is 373. The van der Waals surface area contributed by atoms with Crippen LogP contribution in [0.3, 0.4) is 0 Å². The van der Waals surface area contributed by atoms with Crippen molar-refractivity contribution in [2.75, 3.05) is 19.6 Å². The highest BCUT2D eigenvalue weighted by atomic mass is 79.9. The number of rotatable bonds is 8. The van der Waals surface area contributed by atoms with Crippen LogP contribution in [0.4, 0.5) is 0 Å². The van der Waals surface area contributed by atoms with Gasteiger partial charge in [0.1, 0.15) is 0 Å². The number of nitrogens with zero attached hydrogens (tertiary/aromatic N) is 3. The summed E-state index contributed by atoms with van der Waals surface area (Å²) in [4.78, 5) is 2.40. The van der Waals surface area contributed by atoms with Crippen LogP contribution in [0, 0.1) is 0 Å². The molecule has 1 aromatic rings. The van der Waals surface area contributed by atoms with Crippen molar-refractivity contribution in [3.63, 3.8) is 0 Å². The van der Waals surface area contributed by atoms with Crippen LogP contribution in [0.2, 0.25) is 0 Å². The zero-order valence-corrected chi connectivity index (χ0v) is 13.9. The summed E-state index contributed by atoms with van der Waals surface area (Å²) in [5.74, 6) is 5.74. The van der Waals surface area contributed by atoms with Gasteiger partial charge in [0.2, 0.25) is 0 Å². The van der Waals surface area contributed by atoms with Gasteiger partial charge in [0.05, 0.1) is 22.4 Å². The minimum atomic E-state index is 0.111. The molecule has 1 aromatic heterocycles. The number of nitrogens with two attached hydrogens (primary N) is 1. The highest BCUT2D eigenvalue weighted by Crippen LogP contribution is 2.27. The van der Waals surface area contributed by atoms with Crippen molar-refractivity contribution in [2.45, 2.75) is 46.2 Å². The minimum Gasteiger partial charge on any atom is -0.304 e. The molecule has 6 heteroatoms. The van der Waals surface area contributed by atoms with Crippen LogP contribution >= 0.6 is 15.9 Å². The number of halogens is 1. The van der Waals surface area contributed by atoms with E-state index in [1.54, 1.807) is 0 Å². The second kappa shape index (κ2) is 7.99. The first-order valence-electron chi connectivity index (χ1n) is 6.96. The monoisotopic (exact) mass is 331 g/mol. The standard InChI is InChI=1S/C13H26BrN5/c1-5-18(6-2)8-7-12(17-15)13-11(14)9-16-19(13)10(3)4/h9-10,12,17H,5-8,15H2,1-4H3. The molecule has 1 atom stereocenters. The average molecular weight is 332 g/mol. The van der Waals surface area contributed by atoms with Crippen LogP contribution in [0.25, 0.3) is 0 Å². The lowest BCUT2D eigenvalue weighted by Gasteiger charge is -2.24. The third kappa shape index (κ3) is 4.27. The molecule has 0 spiro atoms. The molecule has 0 radical (unpaired) electrons. The molecule has 1 unspecified atom stereocenters. The van der Waals surface area contributed by atoms with E-state index in [0.717, 1.165) is 36.2 Å². The Balaban J connectivity index is 2.82. The van der Waals surface area contributed by atoms with Gasteiger partial charge in [-0.1, -0.05) is 13.8 Å². The summed E-state index contributed by atoms with van der Waals surface area (Å²) in [5.41, 5.74) is 4.06. The maximum Gasteiger partial charge on any atom is 0.0712 e. The van der Waals surface area contributed by atoms with E-state index in [9.17, 15) is 0 Å². The Labute approximate surface area is 124 Å². The van der Waals surface area contributed by atoms with Gasteiger partial charge in [0.25, 0.3) is 0 Å². The van der Waals surface area contributed by atoms with E-state index >= 15 is 0 Å². The summed E-state index contributed by atoms with van der Waals surface area (Å²) in [5, 5.41) is 4.41. The SMILES string of the molecule is CCN(CC)CCC(NN)c1c(Br)cnn1C(C)C. The Morgan fingerprint density at radius 1 is 1.42 bits per heavy atom. The van der Waals surface area contributed by atoms with E-state index in [1.165, 1.54) is 0 Å². The van der Waals surface area contributed by atoms with Crippen molar-refractivity contribution in [3.8, 4) is 0 Å². The van der Waals surface area contributed by atoms with Crippen molar-refractivity contribution < 1.29 is 0 Å². The lowest BCUT2D eigenvalue weighted by atomic mass is 10.1. The molecular weight excluding hydrogens is 306 g/mol. The molecule has 0 aliphatic heterocycles. The highest BCUT2D eigenvalue weighted by molar-refractivity contribution is 9.10. The first kappa shape index (κ1) is 16.6. The van der Waals surface area contributed by atoms with Gasteiger partial charge in [-0.05, 0) is 49.3 Å². The number of aromatic nitrogens is 2. The molecule has 110 valence electrons. The number of hydrogen-bond acceptors (Lipinski definition) is 4. The quantitative estimate of drug-likeness (QED) is 0.567. The Hall–Kier alpha value is -0.430. The second-order valence-electron chi connectivity index (χ2n) is 4.95. The molecule has 0 amide bonds. The maximum atomic E-state index is 5.74. The van der Waals surface area contributed by atoms with Crippen molar-refractivity contribution >= 4 is 15.9 Å². The number of hydrazine groups is 1. The van der Waals surface area contributed by atoms with E-state index in [0.29, 0.717) is 6.04 Å². The smallest absolute Gasteiger partial charge is 0.0712 e. The van der Waals surface area contributed by atoms with Gasteiger partial charge in [-0.15, -0.1) is 0 Å². The molecule has 3 N–H and O–H groups in total. The Morgan fingerprint density at radius 2 is 2.05 bits per heavy atom. The van der Waals surface area contributed by atoms with E-state index in [2.05, 4.69) is 59.0 Å². The van der Waals surface area contributed by atoms with Crippen LogP contribution in [0.15, 0.2) is 10.7 Å². The van der Waals surface area contributed by atoms with Crippen LogP contribution in [0.5, 0.6) is 0 Å². The third-order valence-corrected chi connectivity index (χ3v) is 4.05. The zero-order chi connectivity index (χ0) is 14.4. The summed E-state index contributed by atoms with van der Waals surface area (Å²) in [6.07, 6.45) is 2.81. The lowest BCUT2D eigenvalue weighted by Crippen LogP contribution is -2.34. The highest BCUT2D eigenvalue weighted by Gasteiger charge is 2.20. The lowest BCUT2D eigenvalue weighted by molar-refractivity contribution is 0.277. The first-order chi connectivity index (χ1) is 9.04. The van der Waals surface area contributed by atoms with Gasteiger partial charge in [-0.3, -0.25) is 16.0 Å². The zero-order valence-electron chi connectivity index (χ0n) is 12.4. The third-order valence-electron chi connectivity index (χ3n) is 3.44. The Kier molecular flexibility index (Phi) is 6.99. The van der Waals surface area contributed by atoms with Gasteiger partial charge < -0.3 is 4.90 Å². The normalized spacial score (nSPS) is 13.5. The molecular formula is C13H26BrN5.